The molecule has 1 heterocycles. The minimum atomic E-state index is -0.248. The van der Waals surface area contributed by atoms with Crippen LogP contribution in [0.5, 0.6) is 0 Å². The highest BCUT2D eigenvalue weighted by Gasteiger charge is 2.23. The molecule has 1 aliphatic carbocycles. The van der Waals surface area contributed by atoms with Crippen molar-refractivity contribution in [2.75, 3.05) is 6.54 Å². The number of aliphatic hydroxyl groups is 1. The summed E-state index contributed by atoms with van der Waals surface area (Å²) in [7, 11) is 0. The molecule has 0 atom stereocenters. The number of fused-ring (bicyclic) bond motifs is 1. The Morgan fingerprint density at radius 2 is 2.04 bits per heavy atom. The van der Waals surface area contributed by atoms with Crippen molar-refractivity contribution in [2.45, 2.75) is 51.3 Å². The average molecular weight is 344 g/mol. The summed E-state index contributed by atoms with van der Waals surface area (Å²) in [6.07, 6.45) is 2.76. The van der Waals surface area contributed by atoms with Gasteiger partial charge in [0.2, 0.25) is 0 Å². The van der Waals surface area contributed by atoms with Crippen LogP contribution in [0, 0.1) is 0 Å². The van der Waals surface area contributed by atoms with E-state index in [1.54, 1.807) is 23.1 Å². The molecule has 1 fully saturated rings. The highest BCUT2D eigenvalue weighted by molar-refractivity contribution is 5.77. The maximum absolute atomic E-state index is 12.5. The smallest absolute Gasteiger partial charge is 0.318 e. The Bertz CT molecular complexity index is 796. The van der Waals surface area contributed by atoms with Crippen molar-refractivity contribution >= 4 is 16.9 Å². The SMILES string of the molecule is CCN(Cc1nc2ccccc2c(=O)[nH]1)C(=O)NC1CCC(O)CC1. The average Bonchev–Trinajstić information content (AvgIpc) is 2.61. The van der Waals surface area contributed by atoms with E-state index in [0.717, 1.165) is 25.7 Å². The van der Waals surface area contributed by atoms with Gasteiger partial charge in [-0.3, -0.25) is 4.79 Å². The van der Waals surface area contributed by atoms with Gasteiger partial charge in [-0.05, 0) is 44.7 Å². The summed E-state index contributed by atoms with van der Waals surface area (Å²) < 4.78 is 0. The van der Waals surface area contributed by atoms with E-state index >= 15 is 0 Å². The van der Waals surface area contributed by atoms with Gasteiger partial charge in [-0.1, -0.05) is 12.1 Å². The minimum Gasteiger partial charge on any atom is -0.393 e. The minimum absolute atomic E-state index is 0.0913. The second kappa shape index (κ2) is 7.65. The van der Waals surface area contributed by atoms with E-state index in [0.29, 0.717) is 23.3 Å². The number of aliphatic hydroxyl groups excluding tert-OH is 1. The van der Waals surface area contributed by atoms with Gasteiger partial charge in [-0.15, -0.1) is 0 Å². The number of nitrogens with zero attached hydrogens (tertiary/aromatic N) is 2. The van der Waals surface area contributed by atoms with Crippen LogP contribution in [0.3, 0.4) is 0 Å². The molecule has 1 aromatic heterocycles. The molecule has 0 bridgehead atoms. The second-order valence-corrected chi connectivity index (χ2v) is 6.50. The molecule has 7 heteroatoms. The third-order valence-corrected chi connectivity index (χ3v) is 4.70. The van der Waals surface area contributed by atoms with Crippen molar-refractivity contribution in [1.82, 2.24) is 20.2 Å². The fourth-order valence-electron chi connectivity index (χ4n) is 3.20. The number of H-pyrrole nitrogens is 1. The second-order valence-electron chi connectivity index (χ2n) is 6.50. The number of aromatic amines is 1. The molecule has 0 radical (unpaired) electrons. The summed E-state index contributed by atoms with van der Waals surface area (Å²) in [5.74, 6) is 0.472. The van der Waals surface area contributed by atoms with E-state index < -0.39 is 0 Å². The number of rotatable bonds is 4. The van der Waals surface area contributed by atoms with Crippen LogP contribution in [-0.4, -0.2) is 44.7 Å². The Hall–Kier alpha value is -2.41. The van der Waals surface area contributed by atoms with Gasteiger partial charge in [0.25, 0.3) is 5.56 Å². The standard InChI is InChI=1S/C18H24N4O3/c1-2-22(18(25)19-12-7-9-13(23)10-8-12)11-16-20-15-6-4-3-5-14(15)17(24)21-16/h3-6,12-13,23H,2,7-11H2,1H3,(H,19,25)(H,20,21,24). The van der Waals surface area contributed by atoms with Crippen LogP contribution >= 0.6 is 0 Å². The highest BCUT2D eigenvalue weighted by Crippen LogP contribution is 2.18. The number of hydrogen-bond donors (Lipinski definition) is 3. The summed E-state index contributed by atoms with van der Waals surface area (Å²) in [4.78, 5) is 33.5. The van der Waals surface area contributed by atoms with E-state index in [-0.39, 0.29) is 30.3 Å². The maximum Gasteiger partial charge on any atom is 0.318 e. The third kappa shape index (κ3) is 4.17. The van der Waals surface area contributed by atoms with Crippen molar-refractivity contribution in [1.29, 1.82) is 0 Å². The van der Waals surface area contributed by atoms with Crippen LogP contribution < -0.4 is 10.9 Å². The molecule has 1 saturated carbocycles. The molecule has 0 spiro atoms. The first-order valence-corrected chi connectivity index (χ1v) is 8.78. The summed E-state index contributed by atoms with van der Waals surface area (Å²) >= 11 is 0. The summed E-state index contributed by atoms with van der Waals surface area (Å²) in [5.41, 5.74) is 0.428. The van der Waals surface area contributed by atoms with Crippen LogP contribution in [0.1, 0.15) is 38.4 Å². The molecule has 7 nitrogen and oxygen atoms in total. The highest BCUT2D eigenvalue weighted by atomic mass is 16.3. The zero-order valence-corrected chi connectivity index (χ0v) is 14.4. The molecule has 2 aromatic rings. The number of amides is 2. The molecule has 0 aliphatic heterocycles. The molecule has 134 valence electrons. The Kier molecular flexibility index (Phi) is 5.33. The molecule has 25 heavy (non-hydrogen) atoms. The maximum atomic E-state index is 12.5. The lowest BCUT2D eigenvalue weighted by atomic mass is 9.93. The van der Waals surface area contributed by atoms with Crippen molar-refractivity contribution < 1.29 is 9.90 Å². The van der Waals surface area contributed by atoms with Crippen molar-refractivity contribution in [2.24, 2.45) is 0 Å². The Labute approximate surface area is 146 Å². The normalized spacial score (nSPS) is 20.4. The zero-order valence-electron chi connectivity index (χ0n) is 14.4. The Balaban J connectivity index is 1.69. The zero-order chi connectivity index (χ0) is 17.8. The first-order valence-electron chi connectivity index (χ1n) is 8.78. The molecule has 0 saturated heterocycles. The number of urea groups is 1. The third-order valence-electron chi connectivity index (χ3n) is 4.70. The number of nitrogens with one attached hydrogen (secondary N) is 2. The van der Waals surface area contributed by atoms with Gasteiger partial charge < -0.3 is 20.3 Å². The monoisotopic (exact) mass is 344 g/mol. The summed E-state index contributed by atoms with van der Waals surface area (Å²) in [6, 6.07) is 7.07. The lowest BCUT2D eigenvalue weighted by Gasteiger charge is -2.29. The number of hydrogen-bond acceptors (Lipinski definition) is 4. The van der Waals surface area contributed by atoms with Crippen LogP contribution in [0.25, 0.3) is 10.9 Å². The molecule has 2 amide bonds. The van der Waals surface area contributed by atoms with Crippen molar-refractivity contribution in [3.8, 4) is 0 Å². The Morgan fingerprint density at radius 1 is 1.32 bits per heavy atom. The first kappa shape index (κ1) is 17.4. The van der Waals surface area contributed by atoms with Gasteiger partial charge in [-0.25, -0.2) is 9.78 Å². The fourth-order valence-corrected chi connectivity index (χ4v) is 3.20. The molecule has 1 aromatic carbocycles. The molecular weight excluding hydrogens is 320 g/mol. The van der Waals surface area contributed by atoms with Crippen LogP contribution in [0.2, 0.25) is 0 Å². The number of carbonyl (C=O) groups excluding carboxylic acids is 1. The molecule has 3 N–H and O–H groups in total. The van der Waals surface area contributed by atoms with E-state index in [1.165, 1.54) is 0 Å². The number of para-hydroxylation sites is 1. The van der Waals surface area contributed by atoms with Crippen molar-refractivity contribution in [3.63, 3.8) is 0 Å². The lowest BCUT2D eigenvalue weighted by Crippen LogP contribution is -2.46. The number of benzene rings is 1. The van der Waals surface area contributed by atoms with Crippen LogP contribution in [0.15, 0.2) is 29.1 Å². The van der Waals surface area contributed by atoms with E-state index in [1.807, 2.05) is 13.0 Å². The quantitative estimate of drug-likeness (QED) is 0.787. The predicted molar refractivity (Wildman–Crippen MR) is 95.2 cm³/mol. The summed E-state index contributed by atoms with van der Waals surface area (Å²) in [6.45, 7) is 2.65. The molecule has 3 rings (SSSR count). The lowest BCUT2D eigenvalue weighted by molar-refractivity contribution is 0.115. The van der Waals surface area contributed by atoms with Crippen LogP contribution in [-0.2, 0) is 6.54 Å². The van der Waals surface area contributed by atoms with Gasteiger partial charge in [0.15, 0.2) is 0 Å². The van der Waals surface area contributed by atoms with Crippen LogP contribution in [0.4, 0.5) is 4.79 Å². The largest absolute Gasteiger partial charge is 0.393 e. The molecular formula is C18H24N4O3. The van der Waals surface area contributed by atoms with Gasteiger partial charge in [-0.2, -0.15) is 0 Å². The topological polar surface area (TPSA) is 98.3 Å². The number of aromatic nitrogens is 2. The van der Waals surface area contributed by atoms with Gasteiger partial charge in [0.1, 0.15) is 5.82 Å². The number of carbonyl (C=O) groups is 1. The van der Waals surface area contributed by atoms with Gasteiger partial charge >= 0.3 is 6.03 Å². The van der Waals surface area contributed by atoms with E-state index in [9.17, 15) is 14.7 Å². The van der Waals surface area contributed by atoms with Gasteiger partial charge in [0, 0.05) is 12.6 Å². The first-order chi connectivity index (χ1) is 12.1. The molecule has 0 unspecified atom stereocenters. The van der Waals surface area contributed by atoms with Gasteiger partial charge in [0.05, 0.1) is 23.6 Å². The molecule has 1 aliphatic rings. The fraction of sp³-hybridized carbons (Fsp3) is 0.500. The Morgan fingerprint density at radius 3 is 2.76 bits per heavy atom. The van der Waals surface area contributed by atoms with E-state index in [4.69, 9.17) is 0 Å². The summed E-state index contributed by atoms with van der Waals surface area (Å²) in [5, 5.41) is 13.1. The van der Waals surface area contributed by atoms with Crippen molar-refractivity contribution in [3.05, 3.63) is 40.4 Å². The van der Waals surface area contributed by atoms with E-state index in [2.05, 4.69) is 15.3 Å². The predicted octanol–water partition coefficient (Wildman–Crippen LogP) is 1.76.